The van der Waals surface area contributed by atoms with Gasteiger partial charge in [0.1, 0.15) is 11.6 Å². The molecule has 1 saturated carbocycles. The monoisotopic (exact) mass is 646 g/mol. The van der Waals surface area contributed by atoms with Gasteiger partial charge in [-0.25, -0.2) is 9.78 Å². The van der Waals surface area contributed by atoms with Crippen molar-refractivity contribution in [3.8, 4) is 34.0 Å². The second-order valence-electron chi connectivity index (χ2n) is 11.9. The Hall–Kier alpha value is -3.12. The molecule has 1 fully saturated rings. The Bertz CT molecular complexity index is 1900. The summed E-state index contributed by atoms with van der Waals surface area (Å²) in [5, 5.41) is 13.9. The summed E-state index contributed by atoms with van der Waals surface area (Å²) in [5.41, 5.74) is 5.80. The van der Waals surface area contributed by atoms with Crippen LogP contribution < -0.4 is 16.1 Å². The molecule has 46 heavy (non-hydrogen) atoms. The van der Waals surface area contributed by atoms with E-state index in [4.69, 9.17) is 14.2 Å². The zero-order valence-corrected chi connectivity index (χ0v) is 25.8. The molecule has 0 radical (unpaired) electrons. The van der Waals surface area contributed by atoms with Gasteiger partial charge in [0, 0.05) is 17.5 Å². The molecule has 0 bridgehead atoms. The van der Waals surface area contributed by atoms with E-state index in [1.165, 1.54) is 0 Å². The number of aliphatic hydroxyl groups excluding tert-OH is 1. The fraction of sp³-hybridized carbons (Fsp3) is 0.333. The number of hydrogen-bond donors (Lipinski definition) is 2. The van der Waals surface area contributed by atoms with Crippen LogP contribution in [-0.4, -0.2) is 88.4 Å². The minimum atomic E-state index is -0.602. The summed E-state index contributed by atoms with van der Waals surface area (Å²) in [6.45, 7) is 6.02. The van der Waals surface area contributed by atoms with Crippen LogP contribution in [0, 0.1) is 12.8 Å². The molecule has 1 aliphatic carbocycles. The fourth-order valence-electron chi connectivity index (χ4n) is 6.24. The molecule has 234 valence electrons. The zero-order valence-electron chi connectivity index (χ0n) is 25.8. The van der Waals surface area contributed by atoms with E-state index in [-0.39, 0.29) is 75.1 Å². The number of benzene rings is 3. The molecular formula is C36H39KN4O5. The molecular weight excluding hydrogens is 608 g/mol. The summed E-state index contributed by atoms with van der Waals surface area (Å²) in [6, 6.07) is 23.4. The first-order valence-electron chi connectivity index (χ1n) is 15.6. The molecule has 0 amide bonds. The van der Waals surface area contributed by atoms with Gasteiger partial charge in [-0.2, -0.15) is 0 Å². The summed E-state index contributed by atoms with van der Waals surface area (Å²) in [7, 11) is 0. The Morgan fingerprint density at radius 2 is 1.72 bits per heavy atom. The second-order valence-corrected chi connectivity index (χ2v) is 11.9. The van der Waals surface area contributed by atoms with Crippen molar-refractivity contribution < 1.29 is 14.4 Å². The molecule has 2 heterocycles. The number of aromatic nitrogens is 4. The van der Waals surface area contributed by atoms with Gasteiger partial charge >= 0.3 is 57.1 Å². The Balaban J connectivity index is 0.00000417. The average molecular weight is 647 g/mol. The van der Waals surface area contributed by atoms with Gasteiger partial charge in [-0.15, -0.1) is 0 Å². The molecule has 0 spiro atoms. The van der Waals surface area contributed by atoms with Gasteiger partial charge in [0.25, 0.3) is 5.56 Å². The second kappa shape index (κ2) is 15.2. The van der Waals surface area contributed by atoms with Crippen molar-refractivity contribution >= 4 is 51.4 Å². The van der Waals surface area contributed by atoms with Crippen molar-refractivity contribution in [2.75, 3.05) is 0 Å². The van der Waals surface area contributed by atoms with Crippen LogP contribution in [0.2, 0.25) is 0 Å². The number of hydrogen-bond acceptors (Lipinski definition) is 7. The van der Waals surface area contributed by atoms with Crippen LogP contribution in [-0.2, 0) is 12.8 Å². The maximum atomic E-state index is 14.1. The van der Waals surface area contributed by atoms with E-state index in [0.29, 0.717) is 23.6 Å². The molecule has 2 N–H and O–H groups in total. The molecule has 10 heteroatoms. The van der Waals surface area contributed by atoms with Crippen LogP contribution in [0.3, 0.4) is 0 Å². The number of ether oxygens (including phenoxy) is 1. The predicted molar refractivity (Wildman–Crippen MR) is 180 cm³/mol. The van der Waals surface area contributed by atoms with Crippen LogP contribution >= 0.6 is 0 Å². The normalized spacial score (nSPS) is 17.8. The molecule has 3 aromatic carbocycles. The van der Waals surface area contributed by atoms with Crippen LogP contribution in [0.1, 0.15) is 62.2 Å². The van der Waals surface area contributed by atoms with Crippen LogP contribution in [0.25, 0.3) is 28.2 Å². The summed E-state index contributed by atoms with van der Waals surface area (Å²) >= 11 is 0. The topological polar surface area (TPSA) is 123 Å². The maximum absolute atomic E-state index is 14.1. The van der Waals surface area contributed by atoms with Crippen molar-refractivity contribution in [3.05, 3.63) is 116 Å². The Morgan fingerprint density at radius 3 is 2.37 bits per heavy atom. The van der Waals surface area contributed by atoms with Gasteiger partial charge in [-0.3, -0.25) is 18.9 Å². The summed E-state index contributed by atoms with van der Waals surface area (Å²) in [5.74, 6) is 1.39. The van der Waals surface area contributed by atoms with Crippen molar-refractivity contribution in [2.24, 2.45) is 5.92 Å². The summed E-state index contributed by atoms with van der Waals surface area (Å²) in [4.78, 5) is 33.1. The zero-order chi connectivity index (χ0) is 31.5. The number of nitrogens with one attached hydrogen (secondary N) is 1. The van der Waals surface area contributed by atoms with Crippen molar-refractivity contribution in [1.82, 2.24) is 19.7 Å². The average Bonchev–Trinajstić information content (AvgIpc) is 3.48. The van der Waals surface area contributed by atoms with Crippen molar-refractivity contribution in [2.45, 2.75) is 71.5 Å². The molecule has 0 saturated heterocycles. The van der Waals surface area contributed by atoms with Gasteiger partial charge in [-0.05, 0) is 79.5 Å². The van der Waals surface area contributed by atoms with E-state index in [0.717, 1.165) is 71.5 Å². The first kappa shape index (κ1) is 34.2. The molecule has 1 aliphatic rings. The van der Waals surface area contributed by atoms with Crippen molar-refractivity contribution in [3.63, 3.8) is 0 Å². The number of rotatable bonds is 9. The number of aliphatic hydroxyl groups is 1. The number of aromatic amines is 1. The van der Waals surface area contributed by atoms with Gasteiger partial charge in [-0.1, -0.05) is 74.0 Å². The summed E-state index contributed by atoms with van der Waals surface area (Å²) in [6.07, 6.45) is 4.27. The molecule has 6 rings (SSSR count). The molecule has 3 unspecified atom stereocenters. The van der Waals surface area contributed by atoms with E-state index in [1.54, 1.807) is 4.57 Å². The van der Waals surface area contributed by atoms with E-state index < -0.39 is 5.76 Å². The van der Waals surface area contributed by atoms with Crippen LogP contribution in [0.5, 0.6) is 5.75 Å². The molecule has 3 atom stereocenters. The van der Waals surface area contributed by atoms with Crippen LogP contribution in [0.4, 0.5) is 0 Å². The quantitative estimate of drug-likeness (QED) is 0.206. The van der Waals surface area contributed by atoms with Gasteiger partial charge in [0.05, 0.1) is 23.6 Å². The van der Waals surface area contributed by atoms with Gasteiger partial charge in [0.15, 0.2) is 5.82 Å². The Morgan fingerprint density at radius 1 is 1.00 bits per heavy atom. The standard InChI is InChI=1S/C36H38N4O5.K.H/c1-4-7-32-31(21-24-10-12-25(13-11-24)29-8-5-6-9-30(29)34-38-36(43)45-39-34)35(42)40(23(3)37-32)26-14-16-27(17-15-26)44-28-18-19-33(41)22(2)20-28;;/h5-6,8-17,22,28,33,41H,4,7,18-21H2,1-3H3,(H,38,39,43);;. The van der Waals surface area contributed by atoms with E-state index >= 15 is 0 Å². The molecule has 2 aromatic heterocycles. The van der Waals surface area contributed by atoms with Gasteiger partial charge in [0.2, 0.25) is 0 Å². The van der Waals surface area contributed by atoms with Crippen molar-refractivity contribution in [1.29, 1.82) is 0 Å². The number of nitrogens with zero attached hydrogens (tertiary/aromatic N) is 3. The minimum absolute atomic E-state index is 0. The van der Waals surface area contributed by atoms with E-state index in [2.05, 4.69) is 24.0 Å². The molecule has 9 nitrogen and oxygen atoms in total. The SMILES string of the molecule is CCCc1nc(C)n(-c2ccc(OC3CCC(O)C(C)C3)cc2)c(=O)c1Cc1ccc(-c2ccccc2-c2noc(=O)[nH]2)cc1.[KH]. The molecule has 0 aliphatic heterocycles. The Labute approximate surface area is 310 Å². The third-order valence-electron chi connectivity index (χ3n) is 8.66. The van der Waals surface area contributed by atoms with E-state index in [9.17, 15) is 14.7 Å². The first-order chi connectivity index (χ1) is 21.8. The van der Waals surface area contributed by atoms with Crippen LogP contribution in [0.15, 0.2) is 86.9 Å². The number of aryl methyl sites for hydroxylation is 2. The number of H-pyrrole nitrogens is 1. The fourth-order valence-corrected chi connectivity index (χ4v) is 6.24. The third-order valence-corrected chi connectivity index (χ3v) is 8.66. The Kier molecular flexibility index (Phi) is 11.3. The van der Waals surface area contributed by atoms with E-state index in [1.807, 2.05) is 79.7 Å². The first-order valence-corrected chi connectivity index (χ1v) is 15.6. The molecule has 5 aromatic rings. The van der Waals surface area contributed by atoms with Gasteiger partial charge < -0.3 is 9.84 Å². The third kappa shape index (κ3) is 7.54. The summed E-state index contributed by atoms with van der Waals surface area (Å²) < 4.78 is 12.6. The predicted octanol–water partition coefficient (Wildman–Crippen LogP) is 5.37.